The first-order valence-electron chi connectivity index (χ1n) is 19.7. The van der Waals surface area contributed by atoms with Crippen molar-refractivity contribution in [2.75, 3.05) is 0 Å². The number of fused-ring (bicyclic) bond motifs is 12. The van der Waals surface area contributed by atoms with Crippen LogP contribution in [0.15, 0.2) is 164 Å². The summed E-state index contributed by atoms with van der Waals surface area (Å²) in [4.78, 5) is 11.3. The molecule has 2 aliphatic rings. The van der Waals surface area contributed by atoms with Gasteiger partial charge in [0.1, 0.15) is 22.3 Å². The normalized spacial score (nSPS) is 17.5. The number of hydrogen-bond donors (Lipinski definition) is 0. The fraction of sp³-hybridized carbons (Fsp3) is 0.115. The Morgan fingerprint density at radius 2 is 1.21 bits per heavy atom. The molecule has 1 unspecified atom stereocenters. The van der Waals surface area contributed by atoms with Gasteiger partial charge in [0, 0.05) is 69.7 Å². The number of aliphatic imine (C=N–C) groups is 2. The lowest BCUT2D eigenvalue weighted by Crippen LogP contribution is -2.19. The van der Waals surface area contributed by atoms with Gasteiger partial charge in [0.15, 0.2) is 5.84 Å². The summed E-state index contributed by atoms with van der Waals surface area (Å²) in [6.07, 6.45) is 3.14. The molecule has 4 nitrogen and oxygen atoms in total. The summed E-state index contributed by atoms with van der Waals surface area (Å²) >= 11 is 1.78. The van der Waals surface area contributed by atoms with E-state index < -0.39 is 0 Å². The Morgan fingerprint density at radius 3 is 2.05 bits per heavy atom. The molecule has 0 fully saturated rings. The van der Waals surface area contributed by atoms with Crippen molar-refractivity contribution in [1.29, 1.82) is 0 Å². The maximum absolute atomic E-state index is 6.39. The van der Waals surface area contributed by atoms with E-state index in [-0.39, 0.29) is 11.3 Å². The highest BCUT2D eigenvalue weighted by Gasteiger charge is 2.38. The summed E-state index contributed by atoms with van der Waals surface area (Å²) in [7, 11) is 0. The van der Waals surface area contributed by atoms with Gasteiger partial charge in [-0.3, -0.25) is 0 Å². The van der Waals surface area contributed by atoms with E-state index in [4.69, 9.17) is 18.8 Å². The van der Waals surface area contributed by atoms with Crippen LogP contribution in [0.5, 0.6) is 0 Å². The molecule has 7 aromatic carbocycles. The standard InChI is InChI=1S/C52H36N2O2S/c1-29-22-25-42(37-17-10-15-35-31-12-4-7-19-41(31)52(2,3)48(35)37)53-51(54-49(29)30-23-24-34-32-13-5-8-20-43(32)55-45(34)26-30)38-18-11-16-36-40-27-39-33-14-6-9-21-44(33)56-46(39)28-47(40)57-50(36)38/h4-21,23-29H,22H2,1-3H3/b42-25+,53-51?,54-49?. The number of hydrogen-bond acceptors (Lipinski definition) is 5. The van der Waals surface area contributed by atoms with Crippen LogP contribution in [0.25, 0.3) is 80.9 Å². The minimum atomic E-state index is -0.184. The summed E-state index contributed by atoms with van der Waals surface area (Å²) in [5.74, 6) is 0.820. The Labute approximate surface area is 333 Å². The molecule has 272 valence electrons. The first-order chi connectivity index (χ1) is 27.9. The molecule has 0 saturated heterocycles. The topological polar surface area (TPSA) is 51.0 Å². The highest BCUT2D eigenvalue weighted by Crippen LogP contribution is 2.51. The van der Waals surface area contributed by atoms with Crippen molar-refractivity contribution in [3.8, 4) is 11.1 Å². The lowest BCUT2D eigenvalue weighted by Gasteiger charge is -2.25. The number of para-hydroxylation sites is 2. The number of rotatable bonds is 3. The van der Waals surface area contributed by atoms with Gasteiger partial charge >= 0.3 is 0 Å². The maximum Gasteiger partial charge on any atom is 0.161 e. The maximum atomic E-state index is 6.39. The summed E-state index contributed by atoms with van der Waals surface area (Å²) in [5, 5.41) is 6.91. The quantitative estimate of drug-likeness (QED) is 0.180. The fourth-order valence-corrected chi connectivity index (χ4v) is 10.8. The third-order valence-corrected chi connectivity index (χ3v) is 13.6. The average molecular weight is 753 g/mol. The van der Waals surface area contributed by atoms with Crippen molar-refractivity contribution < 1.29 is 8.83 Å². The SMILES string of the molecule is CC1C/C=C(\c2cccc3c2C(C)(C)c2ccccc2-3)N=C(c2cccc3c2sc2cc4oc5ccccc5c4cc23)N=C1c1ccc2c(c1)oc1ccccc12. The molecule has 1 atom stereocenters. The average Bonchev–Trinajstić information content (AvgIpc) is 3.96. The predicted molar refractivity (Wildman–Crippen MR) is 239 cm³/mol. The Morgan fingerprint density at radius 1 is 0.561 bits per heavy atom. The van der Waals surface area contributed by atoms with Gasteiger partial charge in [0.2, 0.25) is 0 Å². The van der Waals surface area contributed by atoms with Crippen LogP contribution < -0.4 is 0 Å². The molecule has 57 heavy (non-hydrogen) atoms. The number of furan rings is 2. The summed E-state index contributed by atoms with van der Waals surface area (Å²) in [6.45, 7) is 6.98. The van der Waals surface area contributed by atoms with Gasteiger partial charge in [-0.15, -0.1) is 11.3 Å². The number of nitrogens with zero attached hydrogens (tertiary/aromatic N) is 2. The van der Waals surface area contributed by atoms with Crippen molar-refractivity contribution in [3.63, 3.8) is 0 Å². The number of allylic oxidation sites excluding steroid dienone is 1. The van der Waals surface area contributed by atoms with Crippen molar-refractivity contribution in [2.45, 2.75) is 32.6 Å². The molecule has 0 spiro atoms. The molecule has 0 bridgehead atoms. The van der Waals surface area contributed by atoms with E-state index in [1.807, 2.05) is 24.3 Å². The molecule has 0 amide bonds. The summed E-state index contributed by atoms with van der Waals surface area (Å²) in [5.41, 5.74) is 13.9. The second-order valence-electron chi connectivity index (χ2n) is 16.1. The largest absolute Gasteiger partial charge is 0.456 e. The van der Waals surface area contributed by atoms with Gasteiger partial charge in [-0.2, -0.15) is 0 Å². The van der Waals surface area contributed by atoms with Gasteiger partial charge in [-0.1, -0.05) is 124 Å². The Bertz CT molecular complexity index is 3440. The molecule has 3 aromatic heterocycles. The lowest BCUT2D eigenvalue weighted by molar-refractivity contribution is 0.658. The monoisotopic (exact) mass is 752 g/mol. The molecule has 0 N–H and O–H groups in total. The lowest BCUT2D eigenvalue weighted by atomic mass is 9.79. The van der Waals surface area contributed by atoms with Gasteiger partial charge in [-0.05, 0) is 71.1 Å². The van der Waals surface area contributed by atoms with Crippen molar-refractivity contribution in [1.82, 2.24) is 0 Å². The predicted octanol–water partition coefficient (Wildman–Crippen LogP) is 14.5. The van der Waals surface area contributed by atoms with Crippen LogP contribution in [0.3, 0.4) is 0 Å². The summed E-state index contributed by atoms with van der Waals surface area (Å²) in [6, 6.07) is 49.7. The zero-order valence-electron chi connectivity index (χ0n) is 31.8. The highest BCUT2D eigenvalue weighted by molar-refractivity contribution is 7.26. The van der Waals surface area contributed by atoms with Crippen LogP contribution in [0.1, 0.15) is 55.0 Å². The van der Waals surface area contributed by atoms with Crippen LogP contribution in [-0.2, 0) is 5.41 Å². The second kappa shape index (κ2) is 12.0. The van der Waals surface area contributed by atoms with Gasteiger partial charge < -0.3 is 8.83 Å². The van der Waals surface area contributed by atoms with E-state index in [9.17, 15) is 0 Å². The minimum Gasteiger partial charge on any atom is -0.456 e. The van der Waals surface area contributed by atoms with E-state index >= 15 is 0 Å². The van der Waals surface area contributed by atoms with Gasteiger partial charge in [0.25, 0.3) is 0 Å². The van der Waals surface area contributed by atoms with E-state index in [1.165, 1.54) is 37.7 Å². The second-order valence-corrected chi connectivity index (χ2v) is 17.1. The summed E-state index contributed by atoms with van der Waals surface area (Å²) < 4.78 is 15.1. The van der Waals surface area contributed by atoms with Crippen molar-refractivity contribution >= 4 is 92.6 Å². The molecule has 12 rings (SSSR count). The number of benzene rings is 7. The van der Waals surface area contributed by atoms with E-state index in [1.54, 1.807) is 11.3 Å². The van der Waals surface area contributed by atoms with Crippen LogP contribution in [0, 0.1) is 5.92 Å². The molecule has 1 aliphatic heterocycles. The zero-order valence-corrected chi connectivity index (χ0v) is 32.6. The fourth-order valence-electron chi connectivity index (χ4n) is 9.59. The molecule has 5 heteroatoms. The third kappa shape index (κ3) is 4.79. The number of thiophene rings is 1. The molecule has 1 aliphatic carbocycles. The first kappa shape index (κ1) is 32.7. The third-order valence-electron chi connectivity index (χ3n) is 12.4. The van der Waals surface area contributed by atoms with Crippen LogP contribution in [-0.4, -0.2) is 11.5 Å². The molecular weight excluding hydrogens is 717 g/mol. The zero-order chi connectivity index (χ0) is 38.0. The Balaban J connectivity index is 1.09. The molecule has 0 saturated carbocycles. The van der Waals surface area contributed by atoms with Crippen LogP contribution in [0.4, 0.5) is 0 Å². The van der Waals surface area contributed by atoms with E-state index in [0.29, 0.717) is 5.84 Å². The van der Waals surface area contributed by atoms with Crippen LogP contribution in [0.2, 0.25) is 0 Å². The van der Waals surface area contributed by atoms with Gasteiger partial charge in [0.05, 0.1) is 11.4 Å². The molecule has 0 radical (unpaired) electrons. The molecule has 10 aromatic rings. The van der Waals surface area contributed by atoms with Crippen LogP contribution >= 0.6 is 11.3 Å². The van der Waals surface area contributed by atoms with Gasteiger partial charge in [-0.25, -0.2) is 9.98 Å². The number of amidine groups is 1. The molecule has 4 heterocycles. The van der Waals surface area contributed by atoms with E-state index in [2.05, 4.69) is 142 Å². The molecular formula is C52H36N2O2S. The minimum absolute atomic E-state index is 0.107. The van der Waals surface area contributed by atoms with Crippen molar-refractivity contribution in [2.24, 2.45) is 15.9 Å². The Kier molecular flexibility index (Phi) is 6.86. The van der Waals surface area contributed by atoms with E-state index in [0.717, 1.165) is 83.1 Å². The highest BCUT2D eigenvalue weighted by atomic mass is 32.1. The first-order valence-corrected chi connectivity index (χ1v) is 20.5. The Hall–Kier alpha value is -6.56. The smallest absolute Gasteiger partial charge is 0.161 e. The van der Waals surface area contributed by atoms with Crippen molar-refractivity contribution in [3.05, 3.63) is 173 Å².